The summed E-state index contributed by atoms with van der Waals surface area (Å²) in [5, 5.41) is 8.05. The largest absolute Gasteiger partial charge is 0.349 e. The van der Waals surface area contributed by atoms with E-state index in [1.54, 1.807) is 0 Å². The molecule has 1 saturated carbocycles. The van der Waals surface area contributed by atoms with E-state index >= 15 is 0 Å². The van der Waals surface area contributed by atoms with E-state index in [2.05, 4.69) is 53.5 Å². The SMILES string of the molecule is CCCNC(c1ccn(Cc2cnn(CC)c2)c1)C1CC1. The van der Waals surface area contributed by atoms with Crippen molar-refractivity contribution in [2.75, 3.05) is 6.54 Å². The van der Waals surface area contributed by atoms with Crippen LogP contribution in [0.4, 0.5) is 0 Å². The van der Waals surface area contributed by atoms with Gasteiger partial charge in [0.05, 0.1) is 12.7 Å². The Morgan fingerprint density at radius 2 is 2.19 bits per heavy atom. The number of nitrogens with one attached hydrogen (secondary N) is 1. The summed E-state index contributed by atoms with van der Waals surface area (Å²) in [7, 11) is 0. The van der Waals surface area contributed by atoms with Gasteiger partial charge in [0.25, 0.3) is 0 Å². The summed E-state index contributed by atoms with van der Waals surface area (Å²) in [6.07, 6.45) is 12.5. The highest BCUT2D eigenvalue weighted by Gasteiger charge is 2.32. The van der Waals surface area contributed by atoms with Gasteiger partial charge in [0.2, 0.25) is 0 Å². The van der Waals surface area contributed by atoms with Crippen molar-refractivity contribution in [2.45, 2.75) is 52.2 Å². The third-order valence-electron chi connectivity index (χ3n) is 4.22. The van der Waals surface area contributed by atoms with E-state index in [9.17, 15) is 0 Å². The fraction of sp³-hybridized carbons (Fsp3) is 0.588. The maximum atomic E-state index is 4.34. The molecule has 21 heavy (non-hydrogen) atoms. The highest BCUT2D eigenvalue weighted by atomic mass is 15.3. The summed E-state index contributed by atoms with van der Waals surface area (Å²) in [4.78, 5) is 0. The molecule has 1 atom stereocenters. The molecule has 1 aliphatic rings. The number of hydrogen-bond donors (Lipinski definition) is 1. The second kappa shape index (κ2) is 6.48. The van der Waals surface area contributed by atoms with Crippen molar-refractivity contribution >= 4 is 0 Å². The molecule has 0 aromatic carbocycles. The van der Waals surface area contributed by atoms with Crippen LogP contribution >= 0.6 is 0 Å². The van der Waals surface area contributed by atoms with Gasteiger partial charge in [-0.05, 0) is 50.3 Å². The lowest BCUT2D eigenvalue weighted by molar-refractivity contribution is 0.480. The van der Waals surface area contributed by atoms with E-state index in [0.717, 1.165) is 25.6 Å². The van der Waals surface area contributed by atoms with Crippen molar-refractivity contribution in [2.24, 2.45) is 5.92 Å². The second-order valence-corrected chi connectivity index (χ2v) is 6.09. The Morgan fingerprint density at radius 3 is 2.86 bits per heavy atom. The first kappa shape index (κ1) is 14.4. The van der Waals surface area contributed by atoms with E-state index in [4.69, 9.17) is 0 Å². The van der Waals surface area contributed by atoms with Gasteiger partial charge >= 0.3 is 0 Å². The van der Waals surface area contributed by atoms with Crippen molar-refractivity contribution in [1.29, 1.82) is 0 Å². The highest BCUT2D eigenvalue weighted by molar-refractivity contribution is 5.19. The normalized spacial score (nSPS) is 16.3. The molecule has 0 spiro atoms. The van der Waals surface area contributed by atoms with Gasteiger partial charge in [0, 0.05) is 36.7 Å². The zero-order chi connectivity index (χ0) is 14.7. The number of hydrogen-bond acceptors (Lipinski definition) is 2. The molecule has 1 unspecified atom stereocenters. The third-order valence-corrected chi connectivity index (χ3v) is 4.22. The number of aromatic nitrogens is 3. The molecule has 1 aliphatic carbocycles. The maximum Gasteiger partial charge on any atom is 0.0539 e. The third kappa shape index (κ3) is 3.56. The standard InChI is InChI=1S/C17H26N4/c1-3-8-18-17(15-5-6-15)16-7-9-20(13-16)11-14-10-19-21(4-2)12-14/h7,9-10,12-13,15,17-18H,3-6,8,11H2,1-2H3. The van der Waals surface area contributed by atoms with E-state index in [1.165, 1.54) is 30.4 Å². The highest BCUT2D eigenvalue weighted by Crippen LogP contribution is 2.41. The number of nitrogens with zero attached hydrogens (tertiary/aromatic N) is 3. The van der Waals surface area contributed by atoms with Crippen LogP contribution in [0.1, 0.15) is 50.3 Å². The average molecular weight is 286 g/mol. The summed E-state index contributed by atoms with van der Waals surface area (Å²) >= 11 is 0. The van der Waals surface area contributed by atoms with Gasteiger partial charge in [-0.15, -0.1) is 0 Å². The molecule has 2 aromatic heterocycles. The van der Waals surface area contributed by atoms with E-state index in [-0.39, 0.29) is 0 Å². The molecule has 2 heterocycles. The quantitative estimate of drug-likeness (QED) is 0.808. The van der Waals surface area contributed by atoms with Gasteiger partial charge in [-0.3, -0.25) is 4.68 Å². The summed E-state index contributed by atoms with van der Waals surface area (Å²) < 4.78 is 4.25. The minimum atomic E-state index is 0.546. The Balaban J connectivity index is 1.66. The van der Waals surface area contributed by atoms with Crippen molar-refractivity contribution < 1.29 is 0 Å². The zero-order valence-corrected chi connectivity index (χ0v) is 13.1. The Hall–Kier alpha value is -1.55. The fourth-order valence-corrected chi connectivity index (χ4v) is 2.90. The summed E-state index contributed by atoms with van der Waals surface area (Å²) in [6.45, 7) is 7.29. The molecule has 0 bridgehead atoms. The van der Waals surface area contributed by atoms with Crippen molar-refractivity contribution in [1.82, 2.24) is 19.7 Å². The first-order chi connectivity index (χ1) is 10.3. The van der Waals surface area contributed by atoms with Gasteiger partial charge in [-0.2, -0.15) is 5.10 Å². The minimum Gasteiger partial charge on any atom is -0.349 e. The number of rotatable bonds is 8. The topological polar surface area (TPSA) is 34.8 Å². The van der Waals surface area contributed by atoms with Crippen molar-refractivity contribution in [3.63, 3.8) is 0 Å². The van der Waals surface area contributed by atoms with Gasteiger partial charge in [0.15, 0.2) is 0 Å². The van der Waals surface area contributed by atoms with Crippen LogP contribution in [-0.2, 0) is 13.1 Å². The van der Waals surface area contributed by atoms with Crippen LogP contribution in [0.15, 0.2) is 30.9 Å². The van der Waals surface area contributed by atoms with Crippen LogP contribution in [-0.4, -0.2) is 20.9 Å². The van der Waals surface area contributed by atoms with Crippen LogP contribution in [0.3, 0.4) is 0 Å². The van der Waals surface area contributed by atoms with Gasteiger partial charge in [-0.25, -0.2) is 0 Å². The molecule has 2 aromatic rings. The lowest BCUT2D eigenvalue weighted by atomic mass is 10.1. The summed E-state index contributed by atoms with van der Waals surface area (Å²) in [5.74, 6) is 0.843. The molecule has 0 amide bonds. The lowest BCUT2D eigenvalue weighted by Crippen LogP contribution is -2.23. The maximum absolute atomic E-state index is 4.34. The van der Waals surface area contributed by atoms with E-state index in [0.29, 0.717) is 6.04 Å². The molecule has 4 nitrogen and oxygen atoms in total. The molecule has 1 fully saturated rings. The zero-order valence-electron chi connectivity index (χ0n) is 13.1. The van der Waals surface area contributed by atoms with E-state index in [1.807, 2.05) is 10.9 Å². The van der Waals surface area contributed by atoms with Crippen LogP contribution < -0.4 is 5.32 Å². The number of aryl methyl sites for hydroxylation is 1. The van der Waals surface area contributed by atoms with Gasteiger partial charge in [-0.1, -0.05) is 6.92 Å². The second-order valence-electron chi connectivity index (χ2n) is 6.09. The van der Waals surface area contributed by atoms with Gasteiger partial charge < -0.3 is 9.88 Å². The molecule has 4 heteroatoms. The summed E-state index contributed by atoms with van der Waals surface area (Å²) in [6, 6.07) is 2.82. The molecular weight excluding hydrogens is 260 g/mol. The average Bonchev–Trinajstić information content (AvgIpc) is 3.06. The van der Waals surface area contributed by atoms with Crippen molar-refractivity contribution in [3.8, 4) is 0 Å². The Morgan fingerprint density at radius 1 is 1.33 bits per heavy atom. The predicted octanol–water partition coefficient (Wildman–Crippen LogP) is 3.20. The molecule has 0 radical (unpaired) electrons. The minimum absolute atomic E-state index is 0.546. The Kier molecular flexibility index (Phi) is 4.44. The Labute approximate surface area is 127 Å². The monoisotopic (exact) mass is 286 g/mol. The van der Waals surface area contributed by atoms with Crippen LogP contribution in [0, 0.1) is 5.92 Å². The van der Waals surface area contributed by atoms with Crippen LogP contribution in [0.5, 0.6) is 0 Å². The summed E-state index contributed by atoms with van der Waals surface area (Å²) in [5.41, 5.74) is 2.71. The first-order valence-electron chi connectivity index (χ1n) is 8.20. The molecule has 1 N–H and O–H groups in total. The van der Waals surface area contributed by atoms with Crippen LogP contribution in [0.25, 0.3) is 0 Å². The fourth-order valence-electron chi connectivity index (χ4n) is 2.90. The van der Waals surface area contributed by atoms with Crippen LogP contribution in [0.2, 0.25) is 0 Å². The van der Waals surface area contributed by atoms with Crippen molar-refractivity contribution in [3.05, 3.63) is 42.0 Å². The molecule has 114 valence electrons. The molecule has 0 saturated heterocycles. The molecule has 0 aliphatic heterocycles. The predicted molar refractivity (Wildman–Crippen MR) is 85.2 cm³/mol. The van der Waals surface area contributed by atoms with Gasteiger partial charge in [0.1, 0.15) is 0 Å². The first-order valence-corrected chi connectivity index (χ1v) is 8.20. The smallest absolute Gasteiger partial charge is 0.0539 e. The molecular formula is C17H26N4. The lowest BCUT2D eigenvalue weighted by Gasteiger charge is -2.16. The molecule has 3 rings (SSSR count). The Bertz CT molecular complexity index is 565. The van der Waals surface area contributed by atoms with E-state index < -0.39 is 0 Å².